The number of hydrogen-bond acceptors (Lipinski definition) is 4. The number of sulfonamides is 1. The number of hydrogen-bond donors (Lipinski definition) is 1. The molecule has 30 heavy (non-hydrogen) atoms. The Hall–Kier alpha value is -2.38. The van der Waals surface area contributed by atoms with Gasteiger partial charge in [-0.15, -0.1) is 0 Å². The Morgan fingerprint density at radius 1 is 1.07 bits per heavy atom. The predicted molar refractivity (Wildman–Crippen MR) is 120 cm³/mol. The second-order valence-corrected chi connectivity index (χ2v) is 9.71. The van der Waals surface area contributed by atoms with Crippen LogP contribution in [-0.4, -0.2) is 51.9 Å². The quantitative estimate of drug-likeness (QED) is 0.590. The minimum absolute atomic E-state index is 0.0282. The number of rotatable bonds is 10. The first-order valence-corrected chi connectivity index (χ1v) is 12.0. The largest absolute Gasteiger partial charge is 0.371 e. The van der Waals surface area contributed by atoms with Crippen molar-refractivity contribution in [2.45, 2.75) is 37.0 Å². The molecule has 0 unspecified atom stereocenters. The predicted octanol–water partition coefficient (Wildman–Crippen LogP) is 3.05. The first kappa shape index (κ1) is 22.3. The molecule has 0 saturated heterocycles. The number of nitrogens with one attached hydrogen (secondary N) is 1. The minimum atomic E-state index is -3.50. The van der Waals surface area contributed by atoms with E-state index in [1.54, 1.807) is 37.4 Å². The average Bonchev–Trinajstić information content (AvgIpc) is 2.77. The van der Waals surface area contributed by atoms with E-state index in [1.807, 2.05) is 0 Å². The molecule has 0 fully saturated rings. The molecule has 0 radical (unpaired) electrons. The van der Waals surface area contributed by atoms with Crippen LogP contribution in [0.4, 0.5) is 5.69 Å². The van der Waals surface area contributed by atoms with E-state index in [2.05, 4.69) is 34.5 Å². The van der Waals surface area contributed by atoms with E-state index in [0.717, 1.165) is 25.9 Å². The van der Waals surface area contributed by atoms with Gasteiger partial charge in [0.25, 0.3) is 0 Å². The third-order valence-corrected chi connectivity index (χ3v) is 7.33. The summed E-state index contributed by atoms with van der Waals surface area (Å²) in [6.07, 6.45) is 4.01. The summed E-state index contributed by atoms with van der Waals surface area (Å²) in [4.78, 5) is 14.8. The maximum absolute atomic E-state index is 12.5. The Bertz CT molecular complexity index is 932. The van der Waals surface area contributed by atoms with Crippen molar-refractivity contribution >= 4 is 21.6 Å². The molecule has 1 N–H and O–H groups in total. The summed E-state index contributed by atoms with van der Waals surface area (Å²) < 4.78 is 26.3. The second-order valence-electron chi connectivity index (χ2n) is 7.67. The van der Waals surface area contributed by atoms with Gasteiger partial charge < -0.3 is 10.2 Å². The lowest BCUT2D eigenvalue weighted by atomic mass is 10.0. The van der Waals surface area contributed by atoms with Crippen molar-refractivity contribution in [3.05, 3.63) is 60.2 Å². The van der Waals surface area contributed by atoms with E-state index in [9.17, 15) is 13.2 Å². The molecule has 1 amide bonds. The lowest BCUT2D eigenvalue weighted by molar-refractivity contribution is -0.121. The highest BCUT2D eigenvalue weighted by atomic mass is 32.2. The summed E-state index contributed by atoms with van der Waals surface area (Å²) >= 11 is 0. The van der Waals surface area contributed by atoms with Crippen molar-refractivity contribution in [3.8, 4) is 0 Å². The molecule has 3 rings (SSSR count). The molecule has 0 aliphatic carbocycles. The number of fused-ring (bicyclic) bond motifs is 1. The number of nitrogens with zero attached hydrogens (tertiary/aromatic N) is 2. The first-order chi connectivity index (χ1) is 14.5. The Labute approximate surface area is 179 Å². The molecule has 0 atom stereocenters. The van der Waals surface area contributed by atoms with E-state index in [4.69, 9.17) is 0 Å². The summed E-state index contributed by atoms with van der Waals surface area (Å²) in [5.41, 5.74) is 2.72. The Morgan fingerprint density at radius 2 is 1.80 bits per heavy atom. The zero-order valence-corrected chi connectivity index (χ0v) is 18.4. The highest BCUT2D eigenvalue weighted by Gasteiger charge is 2.20. The Kier molecular flexibility index (Phi) is 7.87. The van der Waals surface area contributed by atoms with Gasteiger partial charge in [0.05, 0.1) is 4.90 Å². The van der Waals surface area contributed by atoms with Crippen LogP contribution in [0.3, 0.4) is 0 Å². The molecule has 2 aromatic carbocycles. The van der Waals surface area contributed by atoms with Gasteiger partial charge in [0.1, 0.15) is 0 Å². The van der Waals surface area contributed by atoms with Crippen molar-refractivity contribution in [3.63, 3.8) is 0 Å². The number of carbonyl (C=O) groups is 1. The smallest absolute Gasteiger partial charge is 0.242 e. The molecule has 0 aromatic heterocycles. The molecule has 0 bridgehead atoms. The fourth-order valence-corrected chi connectivity index (χ4v) is 5.02. The minimum Gasteiger partial charge on any atom is -0.371 e. The summed E-state index contributed by atoms with van der Waals surface area (Å²) in [5, 5.41) is 2.96. The first-order valence-electron chi connectivity index (χ1n) is 10.6. The summed E-state index contributed by atoms with van der Waals surface area (Å²) in [5.74, 6) is -0.0282. The normalized spacial score (nSPS) is 13.9. The summed E-state index contributed by atoms with van der Waals surface area (Å²) in [7, 11) is -1.95. The van der Waals surface area contributed by atoms with E-state index in [-0.39, 0.29) is 10.8 Å². The molecule has 1 aliphatic heterocycles. The van der Waals surface area contributed by atoms with Gasteiger partial charge in [-0.25, -0.2) is 12.7 Å². The zero-order valence-electron chi connectivity index (χ0n) is 17.6. The van der Waals surface area contributed by atoms with Gasteiger partial charge in [-0.05, 0) is 49.4 Å². The van der Waals surface area contributed by atoms with Crippen molar-refractivity contribution in [2.24, 2.45) is 0 Å². The van der Waals surface area contributed by atoms with Crippen molar-refractivity contribution in [1.82, 2.24) is 9.62 Å². The maximum atomic E-state index is 12.5. The highest BCUT2D eigenvalue weighted by molar-refractivity contribution is 7.89. The topological polar surface area (TPSA) is 69.7 Å². The number of aryl methyl sites for hydroxylation is 1. The van der Waals surface area contributed by atoms with Gasteiger partial charge in [0.2, 0.25) is 15.9 Å². The molecule has 2 aromatic rings. The lowest BCUT2D eigenvalue weighted by Crippen LogP contribution is -2.33. The van der Waals surface area contributed by atoms with Crippen LogP contribution in [0.5, 0.6) is 0 Å². The number of benzene rings is 2. The van der Waals surface area contributed by atoms with Crippen LogP contribution in [0.2, 0.25) is 0 Å². The molecular weight excluding hydrogens is 398 g/mol. The third kappa shape index (κ3) is 5.83. The van der Waals surface area contributed by atoms with E-state index in [0.29, 0.717) is 25.9 Å². The van der Waals surface area contributed by atoms with Crippen LogP contribution in [-0.2, 0) is 21.2 Å². The molecule has 1 heterocycles. The molecule has 162 valence electrons. The average molecular weight is 430 g/mol. The second kappa shape index (κ2) is 10.6. The number of anilines is 1. The van der Waals surface area contributed by atoms with Crippen LogP contribution >= 0.6 is 0 Å². The highest BCUT2D eigenvalue weighted by Crippen LogP contribution is 2.26. The van der Waals surface area contributed by atoms with Gasteiger partial charge >= 0.3 is 0 Å². The van der Waals surface area contributed by atoms with Crippen LogP contribution in [0.1, 0.15) is 31.2 Å². The number of carbonyl (C=O) groups excluding carboxylic acids is 1. The lowest BCUT2D eigenvalue weighted by Gasteiger charge is -2.31. The van der Waals surface area contributed by atoms with E-state index >= 15 is 0 Å². The zero-order chi connectivity index (χ0) is 21.4. The molecule has 7 heteroatoms. The molecular formula is C23H31N3O3S. The standard InChI is InChI=1S/C23H31N3O3S/c1-25(30(28,29)21-12-3-2-4-13-21)17-8-15-23(27)24-16-9-19-26-18-7-11-20-10-5-6-14-22(20)26/h2-6,10,12-14H,7-9,11,15-19H2,1H3,(H,24,27). The number of para-hydroxylation sites is 1. The van der Waals surface area contributed by atoms with Gasteiger partial charge in [0, 0.05) is 45.3 Å². The summed E-state index contributed by atoms with van der Waals surface area (Å²) in [6, 6.07) is 16.9. The SMILES string of the molecule is CN(CCCC(=O)NCCCN1CCCc2ccccc21)S(=O)(=O)c1ccccc1. The van der Waals surface area contributed by atoms with Gasteiger partial charge in [-0.1, -0.05) is 36.4 Å². The van der Waals surface area contributed by atoms with Crippen LogP contribution < -0.4 is 10.2 Å². The van der Waals surface area contributed by atoms with Crippen molar-refractivity contribution in [2.75, 3.05) is 38.1 Å². The van der Waals surface area contributed by atoms with Crippen molar-refractivity contribution in [1.29, 1.82) is 0 Å². The van der Waals surface area contributed by atoms with Gasteiger partial charge in [0.15, 0.2) is 0 Å². The fourth-order valence-electron chi connectivity index (χ4n) is 3.78. The van der Waals surface area contributed by atoms with Crippen molar-refractivity contribution < 1.29 is 13.2 Å². The molecule has 0 saturated carbocycles. The molecule has 0 spiro atoms. The third-order valence-electron chi connectivity index (χ3n) is 5.46. The molecule has 6 nitrogen and oxygen atoms in total. The maximum Gasteiger partial charge on any atom is 0.242 e. The molecule has 1 aliphatic rings. The van der Waals surface area contributed by atoms with E-state index in [1.165, 1.54) is 22.0 Å². The van der Waals surface area contributed by atoms with Gasteiger partial charge in [-0.2, -0.15) is 0 Å². The Morgan fingerprint density at radius 3 is 2.60 bits per heavy atom. The van der Waals surface area contributed by atoms with Crippen LogP contribution in [0.25, 0.3) is 0 Å². The monoisotopic (exact) mass is 429 g/mol. The summed E-state index contributed by atoms with van der Waals surface area (Å²) in [6.45, 7) is 2.94. The fraction of sp³-hybridized carbons (Fsp3) is 0.435. The van der Waals surface area contributed by atoms with Gasteiger partial charge in [-0.3, -0.25) is 4.79 Å². The number of amides is 1. The van der Waals surface area contributed by atoms with Crippen LogP contribution in [0.15, 0.2) is 59.5 Å². The van der Waals surface area contributed by atoms with Crippen LogP contribution in [0, 0.1) is 0 Å². The van der Waals surface area contributed by atoms with E-state index < -0.39 is 10.0 Å². The Balaban J connectivity index is 1.34.